The molecule has 3 fully saturated rings. The van der Waals surface area contributed by atoms with Gasteiger partial charge in [-0.2, -0.15) is 0 Å². The minimum Gasteiger partial charge on any atom is -0.458 e. The smallest absolute Gasteiger partial charge is 0.303 e. The maximum absolute atomic E-state index is 12.5. The van der Waals surface area contributed by atoms with Gasteiger partial charge in [-0.25, -0.2) is 0 Å². The Bertz CT molecular complexity index is 677. The molecule has 0 aromatic heterocycles. The topological polar surface area (TPSA) is 60.4 Å². The monoisotopic (exact) mass is 344 g/mol. The summed E-state index contributed by atoms with van der Waals surface area (Å²) >= 11 is 0. The molecular weight excluding hydrogens is 316 g/mol. The van der Waals surface area contributed by atoms with Crippen LogP contribution < -0.4 is 0 Å². The summed E-state index contributed by atoms with van der Waals surface area (Å²) in [6, 6.07) is 0. The van der Waals surface area contributed by atoms with E-state index in [1.165, 1.54) is 6.92 Å². The maximum atomic E-state index is 12.5. The van der Waals surface area contributed by atoms with Gasteiger partial charge in [0.2, 0.25) is 0 Å². The third-order valence-electron chi connectivity index (χ3n) is 7.97. The van der Waals surface area contributed by atoms with Crippen LogP contribution in [0.3, 0.4) is 0 Å². The number of carbonyl (C=O) groups excluding carboxylic acids is 3. The molecule has 0 spiro atoms. The van der Waals surface area contributed by atoms with Gasteiger partial charge in [-0.1, -0.05) is 13.8 Å². The Hall–Kier alpha value is -1.45. The van der Waals surface area contributed by atoms with Crippen LogP contribution in [0.5, 0.6) is 0 Å². The van der Waals surface area contributed by atoms with E-state index in [-0.39, 0.29) is 28.7 Å². The average Bonchev–Trinajstić information content (AvgIpc) is 2.84. The molecule has 25 heavy (non-hydrogen) atoms. The standard InChI is InChI=1S/C21H28O4/c1-12(22)25-18-11-14-15-4-5-19(24)21(15,3)9-7-16(14)20(2)8-6-13(23)10-17(18)20/h10,14-16,18H,4-9,11H2,1-3H3/t14-,15-,16-,18+,20+,21-/m0/s1. The van der Waals surface area contributed by atoms with E-state index in [1.807, 2.05) is 0 Å². The lowest BCUT2D eigenvalue weighted by molar-refractivity contribution is -0.154. The molecule has 4 nitrogen and oxygen atoms in total. The molecule has 4 aliphatic rings. The Kier molecular flexibility index (Phi) is 3.75. The van der Waals surface area contributed by atoms with Crippen molar-refractivity contribution in [2.75, 3.05) is 0 Å². The van der Waals surface area contributed by atoms with E-state index < -0.39 is 0 Å². The van der Waals surface area contributed by atoms with Crippen molar-refractivity contribution >= 4 is 17.5 Å². The van der Waals surface area contributed by atoms with E-state index in [4.69, 9.17) is 4.74 Å². The molecule has 136 valence electrons. The zero-order valence-corrected chi connectivity index (χ0v) is 15.5. The molecule has 0 heterocycles. The lowest BCUT2D eigenvalue weighted by atomic mass is 9.47. The van der Waals surface area contributed by atoms with Gasteiger partial charge in [0.05, 0.1) is 0 Å². The summed E-state index contributed by atoms with van der Waals surface area (Å²) in [6.07, 6.45) is 7.33. The fourth-order valence-corrected chi connectivity index (χ4v) is 6.66. The van der Waals surface area contributed by atoms with Crippen molar-refractivity contribution in [3.8, 4) is 0 Å². The van der Waals surface area contributed by atoms with Crippen molar-refractivity contribution in [1.82, 2.24) is 0 Å². The molecule has 0 aliphatic heterocycles. The molecule has 0 unspecified atom stereocenters. The first kappa shape index (κ1) is 17.0. The highest BCUT2D eigenvalue weighted by molar-refractivity contribution is 5.92. The van der Waals surface area contributed by atoms with Crippen molar-refractivity contribution in [1.29, 1.82) is 0 Å². The number of esters is 1. The van der Waals surface area contributed by atoms with Crippen LogP contribution in [0.2, 0.25) is 0 Å². The van der Waals surface area contributed by atoms with Gasteiger partial charge in [0.15, 0.2) is 5.78 Å². The van der Waals surface area contributed by atoms with Gasteiger partial charge >= 0.3 is 5.97 Å². The number of ether oxygens (including phenoxy) is 1. The van der Waals surface area contributed by atoms with E-state index in [9.17, 15) is 14.4 Å². The first-order chi connectivity index (χ1) is 11.8. The lowest BCUT2D eigenvalue weighted by Crippen LogP contribution is -2.54. The molecule has 0 aromatic rings. The number of hydrogen-bond donors (Lipinski definition) is 0. The average molecular weight is 344 g/mol. The van der Waals surface area contributed by atoms with Crippen LogP contribution in [0.1, 0.15) is 65.7 Å². The summed E-state index contributed by atoms with van der Waals surface area (Å²) in [7, 11) is 0. The van der Waals surface area contributed by atoms with E-state index in [0.717, 1.165) is 37.7 Å². The molecule has 0 amide bonds. The van der Waals surface area contributed by atoms with Gasteiger partial charge in [0, 0.05) is 25.2 Å². The molecule has 4 heteroatoms. The van der Waals surface area contributed by atoms with Gasteiger partial charge < -0.3 is 4.74 Å². The fraction of sp³-hybridized carbons (Fsp3) is 0.762. The highest BCUT2D eigenvalue weighted by Gasteiger charge is 2.61. The zero-order valence-electron chi connectivity index (χ0n) is 15.5. The minimum atomic E-state index is -0.300. The van der Waals surface area contributed by atoms with E-state index in [0.29, 0.717) is 36.4 Å². The SMILES string of the molecule is CC(=O)O[C@@H]1C[C@@H]2[C@H](CC[C@]3(C)C(=O)CC[C@@H]23)[C@@]2(C)CCC(=O)C=C12. The number of Topliss-reactive ketones (excluding diaryl/α,β-unsaturated/α-hetero) is 1. The summed E-state index contributed by atoms with van der Waals surface area (Å²) in [5, 5.41) is 0. The van der Waals surface area contributed by atoms with E-state index >= 15 is 0 Å². The highest BCUT2D eigenvalue weighted by Crippen LogP contribution is 2.64. The molecule has 0 aromatic carbocycles. The molecule has 4 rings (SSSR count). The Balaban J connectivity index is 1.75. The quantitative estimate of drug-likeness (QED) is 0.682. The molecule has 0 saturated heterocycles. The molecule has 0 bridgehead atoms. The molecule has 0 N–H and O–H groups in total. The van der Waals surface area contributed by atoms with Gasteiger partial charge in [0.1, 0.15) is 11.9 Å². The Morgan fingerprint density at radius 3 is 2.52 bits per heavy atom. The number of carbonyl (C=O) groups is 3. The third-order valence-corrected chi connectivity index (χ3v) is 7.97. The third kappa shape index (κ3) is 2.36. The van der Waals surface area contributed by atoms with Crippen LogP contribution in [0.25, 0.3) is 0 Å². The number of fused-ring (bicyclic) bond motifs is 5. The van der Waals surface area contributed by atoms with Crippen molar-refractivity contribution in [2.24, 2.45) is 28.6 Å². The van der Waals surface area contributed by atoms with Gasteiger partial charge in [-0.15, -0.1) is 0 Å². The van der Waals surface area contributed by atoms with Gasteiger partial charge in [-0.3, -0.25) is 14.4 Å². The molecular formula is C21H28O4. The summed E-state index contributed by atoms with van der Waals surface area (Å²) in [5.74, 6) is 1.58. The van der Waals surface area contributed by atoms with Gasteiger partial charge in [-0.05, 0) is 66.9 Å². The van der Waals surface area contributed by atoms with Crippen molar-refractivity contribution in [2.45, 2.75) is 71.8 Å². The number of rotatable bonds is 1. The second-order valence-electron chi connectivity index (χ2n) is 9.11. The summed E-state index contributed by atoms with van der Waals surface area (Å²) in [6.45, 7) is 5.86. The van der Waals surface area contributed by atoms with E-state index in [1.54, 1.807) is 6.08 Å². The van der Waals surface area contributed by atoms with Crippen molar-refractivity contribution in [3.63, 3.8) is 0 Å². The Morgan fingerprint density at radius 2 is 1.80 bits per heavy atom. The van der Waals surface area contributed by atoms with Crippen LogP contribution >= 0.6 is 0 Å². The Labute approximate surface area is 149 Å². The first-order valence-electron chi connectivity index (χ1n) is 9.71. The van der Waals surface area contributed by atoms with Crippen LogP contribution in [-0.4, -0.2) is 23.6 Å². The number of hydrogen-bond acceptors (Lipinski definition) is 4. The van der Waals surface area contributed by atoms with Gasteiger partial charge in [0.25, 0.3) is 0 Å². The molecule has 0 radical (unpaired) electrons. The maximum Gasteiger partial charge on any atom is 0.303 e. The fourth-order valence-electron chi connectivity index (χ4n) is 6.66. The molecule has 6 atom stereocenters. The summed E-state index contributed by atoms with van der Waals surface area (Å²) in [5.41, 5.74) is 0.765. The van der Waals surface area contributed by atoms with Crippen molar-refractivity contribution < 1.29 is 19.1 Å². The second kappa shape index (κ2) is 5.52. The van der Waals surface area contributed by atoms with E-state index in [2.05, 4.69) is 13.8 Å². The summed E-state index contributed by atoms with van der Waals surface area (Å²) < 4.78 is 5.69. The Morgan fingerprint density at radius 1 is 1.08 bits per heavy atom. The predicted octanol–water partition coefficient (Wildman–Crippen LogP) is 3.63. The van der Waals surface area contributed by atoms with Crippen LogP contribution in [0.4, 0.5) is 0 Å². The molecule has 4 aliphatic carbocycles. The van der Waals surface area contributed by atoms with Crippen LogP contribution in [-0.2, 0) is 19.1 Å². The van der Waals surface area contributed by atoms with Crippen LogP contribution in [0.15, 0.2) is 11.6 Å². The highest BCUT2D eigenvalue weighted by atomic mass is 16.5. The van der Waals surface area contributed by atoms with Crippen molar-refractivity contribution in [3.05, 3.63) is 11.6 Å². The predicted molar refractivity (Wildman–Crippen MR) is 92.7 cm³/mol. The lowest BCUT2D eigenvalue weighted by Gasteiger charge is -2.58. The number of ketones is 2. The normalized spacial score (nSPS) is 46.0. The zero-order chi connectivity index (χ0) is 18.0. The largest absolute Gasteiger partial charge is 0.458 e. The first-order valence-corrected chi connectivity index (χ1v) is 9.71. The molecule has 3 saturated carbocycles. The second-order valence-corrected chi connectivity index (χ2v) is 9.11. The summed E-state index contributed by atoms with van der Waals surface area (Å²) in [4.78, 5) is 36.3. The van der Waals surface area contributed by atoms with Crippen LogP contribution in [0, 0.1) is 28.6 Å². The minimum absolute atomic E-state index is 0.0795.